The lowest BCUT2D eigenvalue weighted by Crippen LogP contribution is -2.00. The van der Waals surface area contributed by atoms with Crippen LogP contribution in [0.1, 0.15) is 0 Å². The number of aromatic nitrogens is 3. The van der Waals surface area contributed by atoms with Gasteiger partial charge in [-0.2, -0.15) is 0 Å². The lowest BCUT2D eigenvalue weighted by Gasteiger charge is -2.16. The third-order valence-electron chi connectivity index (χ3n) is 12.7. The molecule has 4 heteroatoms. The Labute approximate surface area is 363 Å². The summed E-state index contributed by atoms with van der Waals surface area (Å²) in [5.74, 6) is 0.840. The number of hydrogen-bond donors (Lipinski definition) is 0. The zero-order chi connectivity index (χ0) is 41.4. The van der Waals surface area contributed by atoms with E-state index in [0.717, 1.165) is 78.1 Å². The summed E-state index contributed by atoms with van der Waals surface area (Å²) in [5, 5.41) is 6.94. The largest absolute Gasteiger partial charge is 0.455 e. The molecular formula is C59H37N3O. The van der Waals surface area contributed by atoms with Crippen molar-refractivity contribution in [2.45, 2.75) is 0 Å². The van der Waals surface area contributed by atoms with Gasteiger partial charge >= 0.3 is 0 Å². The van der Waals surface area contributed by atoms with E-state index < -0.39 is 0 Å². The van der Waals surface area contributed by atoms with Crippen LogP contribution in [-0.4, -0.2) is 14.1 Å². The van der Waals surface area contributed by atoms with Crippen molar-refractivity contribution in [2.75, 3.05) is 0 Å². The number of para-hydroxylation sites is 5. The Bertz CT molecular complexity index is 3650. The Morgan fingerprint density at radius 2 is 0.762 bits per heavy atom. The van der Waals surface area contributed by atoms with Crippen molar-refractivity contribution in [1.29, 1.82) is 0 Å². The van der Waals surface area contributed by atoms with Gasteiger partial charge in [0.1, 0.15) is 11.3 Å². The first-order valence-corrected chi connectivity index (χ1v) is 21.5. The number of hydrogen-bond acceptors (Lipinski definition) is 2. The molecule has 0 aliphatic carbocycles. The summed E-state index contributed by atoms with van der Waals surface area (Å²) in [4.78, 5) is 5.41. The van der Waals surface area contributed by atoms with Gasteiger partial charge in [-0.25, -0.2) is 4.98 Å². The topological polar surface area (TPSA) is 35.9 Å². The van der Waals surface area contributed by atoms with Crippen molar-refractivity contribution in [2.24, 2.45) is 0 Å². The van der Waals surface area contributed by atoms with Gasteiger partial charge in [0.15, 0.2) is 0 Å². The van der Waals surface area contributed by atoms with Crippen molar-refractivity contribution in [3.05, 3.63) is 224 Å². The maximum absolute atomic E-state index is 6.98. The van der Waals surface area contributed by atoms with Gasteiger partial charge in [0.05, 0.1) is 38.7 Å². The highest BCUT2D eigenvalue weighted by molar-refractivity contribution is 6.17. The Morgan fingerprint density at radius 1 is 0.333 bits per heavy atom. The molecule has 0 amide bonds. The minimum atomic E-state index is 0.840. The van der Waals surface area contributed by atoms with Gasteiger partial charge in [-0.3, -0.25) is 0 Å². The zero-order valence-electron chi connectivity index (χ0n) is 34.1. The first kappa shape index (κ1) is 35.3. The van der Waals surface area contributed by atoms with E-state index in [-0.39, 0.29) is 0 Å². The van der Waals surface area contributed by atoms with E-state index in [0.29, 0.717) is 0 Å². The van der Waals surface area contributed by atoms with E-state index in [2.05, 4.69) is 221 Å². The summed E-state index contributed by atoms with van der Waals surface area (Å²) in [6.07, 6.45) is 0. The standard InChI is InChI=1S/C59H37N3O/c1-3-17-39(18-4-1)55-56-57(60-50-26-12-7-25-49(50)59(56)63-58(55)41-19-5-2-6-20-41)40-33-31-38(32-34-40)42-35-43(61-51-27-13-8-21-45(51)46-22-9-14-28-52(46)61)37-44(36-42)62-53-29-15-10-23-47(53)48-24-11-16-30-54(48)62/h1-37H. The highest BCUT2D eigenvalue weighted by Crippen LogP contribution is 2.47. The third kappa shape index (κ3) is 5.52. The Hall–Kier alpha value is -8.47. The molecule has 0 unspecified atom stereocenters. The quantitative estimate of drug-likeness (QED) is 0.168. The average Bonchev–Trinajstić information content (AvgIpc) is 4.03. The van der Waals surface area contributed by atoms with Crippen LogP contribution in [0.3, 0.4) is 0 Å². The summed E-state index contributed by atoms with van der Waals surface area (Å²) in [5.41, 5.74) is 15.9. The number of nitrogens with zero attached hydrogens (tertiary/aromatic N) is 3. The third-order valence-corrected chi connectivity index (χ3v) is 12.7. The minimum Gasteiger partial charge on any atom is -0.455 e. The van der Waals surface area contributed by atoms with Gasteiger partial charge in [0, 0.05) is 55.0 Å². The minimum absolute atomic E-state index is 0.840. The molecule has 4 nitrogen and oxygen atoms in total. The average molecular weight is 804 g/mol. The van der Waals surface area contributed by atoms with Crippen LogP contribution in [-0.2, 0) is 0 Å². The van der Waals surface area contributed by atoms with Crippen molar-refractivity contribution in [3.8, 4) is 56.2 Å². The maximum atomic E-state index is 6.98. The number of rotatable bonds is 6. The summed E-state index contributed by atoms with van der Waals surface area (Å²) < 4.78 is 11.8. The first-order chi connectivity index (χ1) is 31.3. The Kier molecular flexibility index (Phi) is 7.87. The van der Waals surface area contributed by atoms with Crippen molar-refractivity contribution in [1.82, 2.24) is 14.1 Å². The fourth-order valence-electron chi connectivity index (χ4n) is 9.91. The van der Waals surface area contributed by atoms with Gasteiger partial charge in [0.25, 0.3) is 0 Å². The molecular weight excluding hydrogens is 767 g/mol. The monoisotopic (exact) mass is 803 g/mol. The second kappa shape index (κ2) is 14.1. The Balaban J connectivity index is 1.05. The zero-order valence-corrected chi connectivity index (χ0v) is 34.1. The molecule has 4 aromatic heterocycles. The van der Waals surface area contributed by atoms with Crippen LogP contribution >= 0.6 is 0 Å². The highest BCUT2D eigenvalue weighted by atomic mass is 16.3. The molecule has 0 radical (unpaired) electrons. The lowest BCUT2D eigenvalue weighted by molar-refractivity contribution is 0.636. The molecule has 13 rings (SSSR count). The summed E-state index contributed by atoms with van der Waals surface area (Å²) in [7, 11) is 0. The molecule has 0 atom stereocenters. The van der Waals surface area contributed by atoms with Crippen LogP contribution in [0.25, 0.3) is 122 Å². The molecule has 0 saturated heterocycles. The fraction of sp³-hybridized carbons (Fsp3) is 0. The predicted octanol–water partition coefficient (Wildman–Crippen LogP) is 15.8. The van der Waals surface area contributed by atoms with Gasteiger partial charge in [-0.1, -0.05) is 170 Å². The molecule has 9 aromatic carbocycles. The molecule has 0 aliphatic rings. The van der Waals surface area contributed by atoms with E-state index in [1.165, 1.54) is 43.6 Å². The summed E-state index contributed by atoms with van der Waals surface area (Å²) >= 11 is 0. The number of pyridine rings is 1. The molecule has 0 saturated carbocycles. The fourth-order valence-corrected chi connectivity index (χ4v) is 9.91. The van der Waals surface area contributed by atoms with Crippen molar-refractivity contribution < 1.29 is 4.42 Å². The van der Waals surface area contributed by atoms with Crippen LogP contribution in [0.5, 0.6) is 0 Å². The number of furan rings is 1. The van der Waals surface area contributed by atoms with Gasteiger partial charge < -0.3 is 13.6 Å². The van der Waals surface area contributed by atoms with E-state index >= 15 is 0 Å². The Morgan fingerprint density at radius 3 is 1.29 bits per heavy atom. The second-order valence-electron chi connectivity index (χ2n) is 16.3. The molecule has 13 aromatic rings. The van der Waals surface area contributed by atoms with E-state index in [1.54, 1.807) is 0 Å². The van der Waals surface area contributed by atoms with Crippen LogP contribution in [0.4, 0.5) is 0 Å². The predicted molar refractivity (Wildman–Crippen MR) is 262 cm³/mol. The molecule has 0 N–H and O–H groups in total. The van der Waals surface area contributed by atoms with Crippen LogP contribution in [0, 0.1) is 0 Å². The van der Waals surface area contributed by atoms with E-state index in [9.17, 15) is 0 Å². The SMILES string of the molecule is c1ccc(-c2oc3c(c(-c4ccc(-c5cc(-n6c7ccccc7c7ccccc76)cc(-n6c7ccccc7c7ccccc76)c5)cc4)nc4ccccc43)c2-c2ccccc2)cc1. The molecule has 0 aliphatic heterocycles. The molecule has 0 fully saturated rings. The molecule has 4 heterocycles. The van der Waals surface area contributed by atoms with Gasteiger partial charge in [0.2, 0.25) is 0 Å². The smallest absolute Gasteiger partial charge is 0.147 e. The van der Waals surface area contributed by atoms with Crippen molar-refractivity contribution in [3.63, 3.8) is 0 Å². The molecule has 63 heavy (non-hydrogen) atoms. The highest BCUT2D eigenvalue weighted by Gasteiger charge is 2.24. The lowest BCUT2D eigenvalue weighted by atomic mass is 9.94. The van der Waals surface area contributed by atoms with E-state index in [4.69, 9.17) is 9.40 Å². The first-order valence-electron chi connectivity index (χ1n) is 21.5. The number of fused-ring (bicyclic) bond motifs is 9. The molecule has 0 bridgehead atoms. The van der Waals surface area contributed by atoms with Crippen LogP contribution in [0.2, 0.25) is 0 Å². The number of benzene rings is 9. The summed E-state index contributed by atoms with van der Waals surface area (Å²) in [6.45, 7) is 0. The molecule has 0 spiro atoms. The van der Waals surface area contributed by atoms with Crippen LogP contribution < -0.4 is 0 Å². The molecule has 294 valence electrons. The summed E-state index contributed by atoms with van der Waals surface area (Å²) in [6, 6.07) is 80.2. The normalized spacial score (nSPS) is 11.8. The van der Waals surface area contributed by atoms with Crippen molar-refractivity contribution >= 4 is 65.5 Å². The second-order valence-corrected chi connectivity index (χ2v) is 16.3. The maximum Gasteiger partial charge on any atom is 0.147 e. The van der Waals surface area contributed by atoms with Gasteiger partial charge in [-0.05, 0) is 71.3 Å². The van der Waals surface area contributed by atoms with E-state index in [1.807, 2.05) is 12.1 Å². The van der Waals surface area contributed by atoms with Gasteiger partial charge in [-0.15, -0.1) is 0 Å². The van der Waals surface area contributed by atoms with Crippen LogP contribution in [0.15, 0.2) is 229 Å².